The van der Waals surface area contributed by atoms with E-state index in [1.54, 1.807) is 11.8 Å². The van der Waals surface area contributed by atoms with E-state index in [4.69, 9.17) is 0 Å². The molecule has 0 spiro atoms. The molecule has 0 atom stereocenters. The first-order chi connectivity index (χ1) is 12.8. The van der Waals surface area contributed by atoms with Crippen LogP contribution in [0.3, 0.4) is 0 Å². The van der Waals surface area contributed by atoms with Gasteiger partial charge in [-0.1, -0.05) is 36.4 Å². The molecular weight excluding hydrogens is 336 g/mol. The Balaban J connectivity index is 2.10. The molecule has 2 rings (SSSR count). The van der Waals surface area contributed by atoms with Crippen molar-refractivity contribution in [2.24, 2.45) is 0 Å². The number of amides is 2. The third-order valence-electron chi connectivity index (χ3n) is 4.59. The zero-order valence-electron chi connectivity index (χ0n) is 17.0. The van der Waals surface area contributed by atoms with Crippen molar-refractivity contribution in [3.63, 3.8) is 0 Å². The van der Waals surface area contributed by atoms with Crippen LogP contribution in [0.15, 0.2) is 48.5 Å². The normalized spacial score (nSPS) is 10.7. The van der Waals surface area contributed by atoms with Gasteiger partial charge in [0.15, 0.2) is 0 Å². The first-order valence-electron chi connectivity index (χ1n) is 9.47. The average Bonchev–Trinajstić information content (AvgIpc) is 2.59. The molecular formula is C23H30N2O2. The van der Waals surface area contributed by atoms with Gasteiger partial charge in [-0.25, -0.2) is 0 Å². The number of benzene rings is 2. The van der Waals surface area contributed by atoms with E-state index >= 15 is 0 Å². The van der Waals surface area contributed by atoms with Crippen molar-refractivity contribution in [2.75, 3.05) is 11.4 Å². The van der Waals surface area contributed by atoms with Crippen LogP contribution in [-0.2, 0) is 16.1 Å². The number of carbonyl (C=O) groups excluding carboxylic acids is 2. The SMILES string of the molecule is CC(=O)N(CCC(=O)N(Cc1ccccc1)C(C)C)c1cc(C)cc(C)c1. The fourth-order valence-electron chi connectivity index (χ4n) is 3.26. The Labute approximate surface area is 162 Å². The molecule has 0 aliphatic heterocycles. The topological polar surface area (TPSA) is 40.6 Å². The lowest BCUT2D eigenvalue weighted by atomic mass is 10.1. The Bertz CT molecular complexity index is 764. The molecule has 0 aliphatic carbocycles. The number of anilines is 1. The molecule has 2 aromatic rings. The second kappa shape index (κ2) is 9.36. The predicted molar refractivity (Wildman–Crippen MR) is 111 cm³/mol. The van der Waals surface area contributed by atoms with Gasteiger partial charge in [0.2, 0.25) is 11.8 Å². The van der Waals surface area contributed by atoms with Crippen LogP contribution in [0.1, 0.15) is 43.9 Å². The maximum absolute atomic E-state index is 12.9. The second-order valence-corrected chi connectivity index (χ2v) is 7.37. The highest BCUT2D eigenvalue weighted by Crippen LogP contribution is 2.20. The van der Waals surface area contributed by atoms with E-state index in [0.29, 0.717) is 19.5 Å². The number of hydrogen-bond donors (Lipinski definition) is 0. The molecule has 4 nitrogen and oxygen atoms in total. The first-order valence-corrected chi connectivity index (χ1v) is 9.47. The molecule has 4 heteroatoms. The van der Waals surface area contributed by atoms with Gasteiger partial charge in [-0.05, 0) is 56.5 Å². The molecule has 0 radical (unpaired) electrons. The maximum atomic E-state index is 12.9. The summed E-state index contributed by atoms with van der Waals surface area (Å²) in [6.45, 7) is 10.6. The Kier molecular flexibility index (Phi) is 7.17. The molecule has 0 aliphatic rings. The zero-order chi connectivity index (χ0) is 20.0. The molecule has 0 saturated carbocycles. The highest BCUT2D eigenvalue weighted by molar-refractivity contribution is 5.92. The molecule has 0 unspecified atom stereocenters. The lowest BCUT2D eigenvalue weighted by molar-refractivity contribution is -0.133. The zero-order valence-corrected chi connectivity index (χ0v) is 17.0. The largest absolute Gasteiger partial charge is 0.336 e. The van der Waals surface area contributed by atoms with Gasteiger partial charge in [0.25, 0.3) is 0 Å². The summed E-state index contributed by atoms with van der Waals surface area (Å²) in [4.78, 5) is 28.6. The van der Waals surface area contributed by atoms with Gasteiger partial charge in [-0.3, -0.25) is 9.59 Å². The predicted octanol–water partition coefficient (Wildman–Crippen LogP) is 4.48. The average molecular weight is 367 g/mol. The number of aryl methyl sites for hydroxylation is 2. The van der Waals surface area contributed by atoms with Crippen molar-refractivity contribution in [3.05, 3.63) is 65.2 Å². The van der Waals surface area contributed by atoms with Gasteiger partial charge in [0.05, 0.1) is 0 Å². The van der Waals surface area contributed by atoms with Crippen molar-refractivity contribution in [1.29, 1.82) is 0 Å². The molecule has 0 bridgehead atoms. The Hall–Kier alpha value is -2.62. The van der Waals surface area contributed by atoms with E-state index in [-0.39, 0.29) is 17.9 Å². The van der Waals surface area contributed by atoms with Crippen LogP contribution >= 0.6 is 0 Å². The summed E-state index contributed by atoms with van der Waals surface area (Å²) in [5, 5.41) is 0. The van der Waals surface area contributed by atoms with Crippen LogP contribution in [0.2, 0.25) is 0 Å². The second-order valence-electron chi connectivity index (χ2n) is 7.37. The van der Waals surface area contributed by atoms with E-state index in [0.717, 1.165) is 22.4 Å². The lowest BCUT2D eigenvalue weighted by Gasteiger charge is -2.29. The first kappa shape index (κ1) is 20.7. The van der Waals surface area contributed by atoms with Crippen molar-refractivity contribution in [2.45, 2.75) is 53.6 Å². The molecule has 0 N–H and O–H groups in total. The Morgan fingerprint density at radius 2 is 1.56 bits per heavy atom. The highest BCUT2D eigenvalue weighted by atomic mass is 16.2. The van der Waals surface area contributed by atoms with E-state index < -0.39 is 0 Å². The molecule has 0 heterocycles. The van der Waals surface area contributed by atoms with E-state index in [1.165, 1.54) is 0 Å². The van der Waals surface area contributed by atoms with Crippen LogP contribution in [-0.4, -0.2) is 29.3 Å². The summed E-state index contributed by atoms with van der Waals surface area (Å²) in [7, 11) is 0. The third kappa shape index (κ3) is 5.95. The number of carbonyl (C=O) groups is 2. The molecule has 2 amide bonds. The van der Waals surface area contributed by atoms with Crippen LogP contribution < -0.4 is 4.90 Å². The van der Waals surface area contributed by atoms with Crippen molar-refractivity contribution >= 4 is 17.5 Å². The molecule has 144 valence electrons. The Morgan fingerprint density at radius 3 is 2.07 bits per heavy atom. The van der Waals surface area contributed by atoms with Gasteiger partial charge < -0.3 is 9.80 Å². The van der Waals surface area contributed by atoms with Crippen molar-refractivity contribution in [3.8, 4) is 0 Å². The molecule has 2 aromatic carbocycles. The molecule has 0 aromatic heterocycles. The van der Waals surface area contributed by atoms with Gasteiger partial charge >= 0.3 is 0 Å². The summed E-state index contributed by atoms with van der Waals surface area (Å²) in [6.07, 6.45) is 0.303. The van der Waals surface area contributed by atoms with Crippen molar-refractivity contribution in [1.82, 2.24) is 4.90 Å². The maximum Gasteiger partial charge on any atom is 0.224 e. The summed E-state index contributed by atoms with van der Waals surface area (Å²) in [5.41, 5.74) is 4.18. The lowest BCUT2D eigenvalue weighted by Crippen LogP contribution is -2.39. The van der Waals surface area contributed by atoms with E-state index in [2.05, 4.69) is 6.07 Å². The van der Waals surface area contributed by atoms with Gasteiger partial charge in [0.1, 0.15) is 0 Å². The van der Waals surface area contributed by atoms with Crippen LogP contribution in [0.4, 0.5) is 5.69 Å². The molecule has 27 heavy (non-hydrogen) atoms. The van der Waals surface area contributed by atoms with Gasteiger partial charge in [0, 0.05) is 38.2 Å². The molecule has 0 saturated heterocycles. The monoisotopic (exact) mass is 366 g/mol. The summed E-state index contributed by atoms with van der Waals surface area (Å²) in [6, 6.07) is 16.1. The minimum atomic E-state index is -0.0491. The summed E-state index contributed by atoms with van der Waals surface area (Å²) in [5.74, 6) is 0.0106. The van der Waals surface area contributed by atoms with Gasteiger partial charge in [-0.15, -0.1) is 0 Å². The fourth-order valence-corrected chi connectivity index (χ4v) is 3.26. The summed E-state index contributed by atoms with van der Waals surface area (Å²) >= 11 is 0. The number of rotatable bonds is 7. The number of nitrogens with zero attached hydrogens (tertiary/aromatic N) is 2. The third-order valence-corrected chi connectivity index (χ3v) is 4.59. The smallest absolute Gasteiger partial charge is 0.224 e. The Morgan fingerprint density at radius 1 is 0.963 bits per heavy atom. The number of hydrogen-bond acceptors (Lipinski definition) is 2. The van der Waals surface area contributed by atoms with E-state index in [9.17, 15) is 9.59 Å². The minimum absolute atomic E-state index is 0.0491. The highest BCUT2D eigenvalue weighted by Gasteiger charge is 2.20. The van der Waals surface area contributed by atoms with Crippen LogP contribution in [0, 0.1) is 13.8 Å². The van der Waals surface area contributed by atoms with E-state index in [1.807, 2.05) is 75.1 Å². The standard InChI is InChI=1S/C23H30N2O2/c1-17(2)25(16-21-9-7-6-8-10-21)23(27)11-12-24(20(5)26)22-14-18(3)13-19(4)15-22/h6-10,13-15,17H,11-12,16H2,1-5H3. The summed E-state index contributed by atoms with van der Waals surface area (Å²) < 4.78 is 0. The minimum Gasteiger partial charge on any atom is -0.336 e. The quantitative estimate of drug-likeness (QED) is 0.725. The van der Waals surface area contributed by atoms with Crippen molar-refractivity contribution < 1.29 is 9.59 Å². The molecule has 0 fully saturated rings. The van der Waals surface area contributed by atoms with Crippen LogP contribution in [0.5, 0.6) is 0 Å². The van der Waals surface area contributed by atoms with Crippen LogP contribution in [0.25, 0.3) is 0 Å². The van der Waals surface area contributed by atoms with Gasteiger partial charge in [-0.2, -0.15) is 0 Å². The fraction of sp³-hybridized carbons (Fsp3) is 0.391.